The van der Waals surface area contributed by atoms with Gasteiger partial charge in [0.1, 0.15) is 18.0 Å². The van der Waals surface area contributed by atoms with Gasteiger partial charge in [0, 0.05) is 18.1 Å². The van der Waals surface area contributed by atoms with Gasteiger partial charge in [0.15, 0.2) is 0 Å². The number of methoxy groups -OCH3 is 2. The monoisotopic (exact) mass is 321 g/mol. The lowest BCUT2D eigenvalue weighted by Crippen LogP contribution is -3.13. The third-order valence-electron chi connectivity index (χ3n) is 4.27. The Morgan fingerprint density at radius 2 is 1.70 bits per heavy atom. The van der Waals surface area contributed by atoms with Gasteiger partial charge in [-0.25, -0.2) is 0 Å². The Morgan fingerprint density at radius 3 is 2.17 bits per heavy atom. The van der Waals surface area contributed by atoms with Crippen LogP contribution >= 0.6 is 0 Å². The van der Waals surface area contributed by atoms with E-state index in [0.717, 1.165) is 44.2 Å². The van der Waals surface area contributed by atoms with E-state index in [1.807, 2.05) is 11.0 Å². The largest absolute Gasteiger partial charge is 0.497 e. The number of quaternary nitrogens is 1. The molecular formula is C18H29N2O3+. The van der Waals surface area contributed by atoms with Crippen molar-refractivity contribution >= 4 is 5.91 Å². The number of benzene rings is 1. The smallest absolute Gasteiger partial charge is 0.223 e. The molecule has 0 spiro atoms. The average molecular weight is 321 g/mol. The SMILES string of the molecule is COc1cc(C[NH+]2CCN(C(=O)CC(C)C)CC2)cc(OC)c1. The molecule has 1 N–H and O–H groups in total. The fourth-order valence-corrected chi connectivity index (χ4v) is 2.98. The summed E-state index contributed by atoms with van der Waals surface area (Å²) in [6.07, 6.45) is 0.655. The molecule has 1 aromatic rings. The number of carbonyl (C=O) groups excluding carboxylic acids is 1. The van der Waals surface area contributed by atoms with Gasteiger partial charge in [-0.15, -0.1) is 0 Å². The summed E-state index contributed by atoms with van der Waals surface area (Å²) in [5, 5.41) is 0. The quantitative estimate of drug-likeness (QED) is 0.849. The van der Waals surface area contributed by atoms with E-state index in [1.54, 1.807) is 14.2 Å². The molecule has 5 heteroatoms. The van der Waals surface area contributed by atoms with Crippen molar-refractivity contribution in [3.05, 3.63) is 23.8 Å². The minimum atomic E-state index is 0.294. The van der Waals surface area contributed by atoms with Crippen LogP contribution in [-0.2, 0) is 11.3 Å². The van der Waals surface area contributed by atoms with Crippen molar-refractivity contribution in [1.29, 1.82) is 0 Å². The third kappa shape index (κ3) is 5.13. The van der Waals surface area contributed by atoms with Crippen LogP contribution in [0, 0.1) is 5.92 Å². The Morgan fingerprint density at radius 1 is 1.13 bits per heavy atom. The van der Waals surface area contributed by atoms with E-state index >= 15 is 0 Å². The normalized spacial score (nSPS) is 15.8. The zero-order valence-electron chi connectivity index (χ0n) is 14.7. The van der Waals surface area contributed by atoms with Gasteiger partial charge in [0.2, 0.25) is 5.91 Å². The Balaban J connectivity index is 1.90. The van der Waals surface area contributed by atoms with Gasteiger partial charge in [0.25, 0.3) is 0 Å². The van der Waals surface area contributed by atoms with E-state index in [0.29, 0.717) is 18.2 Å². The highest BCUT2D eigenvalue weighted by molar-refractivity contribution is 5.76. The first-order chi connectivity index (χ1) is 11.0. The fraction of sp³-hybridized carbons (Fsp3) is 0.611. The van der Waals surface area contributed by atoms with Crippen LogP contribution in [0.25, 0.3) is 0 Å². The van der Waals surface area contributed by atoms with Gasteiger partial charge < -0.3 is 19.3 Å². The van der Waals surface area contributed by atoms with Gasteiger partial charge >= 0.3 is 0 Å². The highest BCUT2D eigenvalue weighted by atomic mass is 16.5. The van der Waals surface area contributed by atoms with Crippen LogP contribution in [-0.4, -0.2) is 51.2 Å². The molecule has 1 heterocycles. The molecule has 0 atom stereocenters. The summed E-state index contributed by atoms with van der Waals surface area (Å²) in [4.78, 5) is 15.6. The Hall–Kier alpha value is -1.75. The van der Waals surface area contributed by atoms with E-state index in [1.165, 1.54) is 10.5 Å². The van der Waals surface area contributed by atoms with Crippen molar-refractivity contribution in [2.45, 2.75) is 26.8 Å². The van der Waals surface area contributed by atoms with E-state index < -0.39 is 0 Å². The first kappa shape index (κ1) is 17.6. The molecule has 1 aromatic carbocycles. The lowest BCUT2D eigenvalue weighted by molar-refractivity contribution is -0.917. The summed E-state index contributed by atoms with van der Waals surface area (Å²) < 4.78 is 10.7. The highest BCUT2D eigenvalue weighted by Gasteiger charge is 2.24. The summed E-state index contributed by atoms with van der Waals surface area (Å²) in [5.41, 5.74) is 1.21. The van der Waals surface area contributed by atoms with Crippen LogP contribution in [0.5, 0.6) is 11.5 Å². The molecule has 1 aliphatic rings. The molecule has 1 saturated heterocycles. The number of nitrogens with one attached hydrogen (secondary N) is 1. The number of carbonyl (C=O) groups is 1. The predicted molar refractivity (Wildman–Crippen MR) is 90.0 cm³/mol. The highest BCUT2D eigenvalue weighted by Crippen LogP contribution is 2.22. The Labute approximate surface area is 139 Å². The van der Waals surface area contributed by atoms with Gasteiger partial charge in [-0.05, 0) is 18.1 Å². The second kappa shape index (κ2) is 8.20. The van der Waals surface area contributed by atoms with Crippen LogP contribution in [0.4, 0.5) is 0 Å². The molecule has 1 fully saturated rings. The molecule has 5 nitrogen and oxygen atoms in total. The maximum Gasteiger partial charge on any atom is 0.223 e. The maximum absolute atomic E-state index is 12.1. The number of nitrogens with zero attached hydrogens (tertiary/aromatic N) is 1. The van der Waals surface area contributed by atoms with Crippen molar-refractivity contribution in [3.63, 3.8) is 0 Å². The van der Waals surface area contributed by atoms with E-state index in [9.17, 15) is 4.79 Å². The number of hydrogen-bond donors (Lipinski definition) is 1. The predicted octanol–water partition coefficient (Wildman–Crippen LogP) is 0.977. The van der Waals surface area contributed by atoms with Crippen LogP contribution in [0.1, 0.15) is 25.8 Å². The fourth-order valence-electron chi connectivity index (χ4n) is 2.98. The summed E-state index contributed by atoms with van der Waals surface area (Å²) >= 11 is 0. The molecule has 1 amide bonds. The molecule has 0 radical (unpaired) electrons. The average Bonchev–Trinajstić information content (AvgIpc) is 2.54. The summed E-state index contributed by atoms with van der Waals surface area (Å²) in [7, 11) is 3.34. The molecule has 0 aromatic heterocycles. The third-order valence-corrected chi connectivity index (χ3v) is 4.27. The van der Waals surface area contributed by atoms with Crippen LogP contribution < -0.4 is 14.4 Å². The molecule has 0 bridgehead atoms. The van der Waals surface area contributed by atoms with Gasteiger partial charge in [-0.1, -0.05) is 13.8 Å². The Bertz CT molecular complexity index is 501. The maximum atomic E-state index is 12.1. The molecule has 2 rings (SSSR count). The molecular weight excluding hydrogens is 292 g/mol. The van der Waals surface area contributed by atoms with E-state index in [2.05, 4.69) is 26.0 Å². The second-order valence-electron chi connectivity index (χ2n) is 6.63. The zero-order valence-corrected chi connectivity index (χ0v) is 14.7. The molecule has 23 heavy (non-hydrogen) atoms. The number of amides is 1. The van der Waals surface area contributed by atoms with Crippen molar-refractivity contribution in [1.82, 2.24) is 4.90 Å². The molecule has 1 aliphatic heterocycles. The van der Waals surface area contributed by atoms with Gasteiger partial charge in [-0.2, -0.15) is 0 Å². The van der Waals surface area contributed by atoms with Crippen molar-refractivity contribution in [2.24, 2.45) is 5.92 Å². The number of ether oxygens (including phenoxy) is 2. The van der Waals surface area contributed by atoms with Gasteiger partial charge in [-0.3, -0.25) is 4.79 Å². The molecule has 0 saturated carbocycles. The van der Waals surface area contributed by atoms with E-state index in [-0.39, 0.29) is 0 Å². The molecule has 128 valence electrons. The standard InChI is InChI=1S/C18H28N2O3/c1-14(2)9-18(21)20-7-5-19(6-8-20)13-15-10-16(22-3)12-17(11-15)23-4/h10-12,14H,5-9,13H2,1-4H3/p+1. The van der Waals surface area contributed by atoms with Crippen molar-refractivity contribution < 1.29 is 19.2 Å². The van der Waals surface area contributed by atoms with Crippen LogP contribution in [0.15, 0.2) is 18.2 Å². The lowest BCUT2D eigenvalue weighted by Gasteiger charge is -2.32. The van der Waals surface area contributed by atoms with Crippen molar-refractivity contribution in [3.8, 4) is 11.5 Å². The Kier molecular flexibility index (Phi) is 6.28. The first-order valence-corrected chi connectivity index (χ1v) is 8.35. The molecule has 0 aliphatic carbocycles. The number of piperazine rings is 1. The zero-order chi connectivity index (χ0) is 16.8. The topological polar surface area (TPSA) is 43.2 Å². The summed E-state index contributed by atoms with van der Waals surface area (Å²) in [6.45, 7) is 8.79. The van der Waals surface area contributed by atoms with Crippen LogP contribution in [0.3, 0.4) is 0 Å². The van der Waals surface area contributed by atoms with E-state index in [4.69, 9.17) is 9.47 Å². The van der Waals surface area contributed by atoms with Crippen LogP contribution in [0.2, 0.25) is 0 Å². The summed E-state index contributed by atoms with van der Waals surface area (Å²) in [5.74, 6) is 2.37. The van der Waals surface area contributed by atoms with Crippen molar-refractivity contribution in [2.75, 3.05) is 40.4 Å². The minimum absolute atomic E-state index is 0.294. The molecule has 0 unspecified atom stereocenters. The number of rotatable bonds is 6. The summed E-state index contributed by atoms with van der Waals surface area (Å²) in [6, 6.07) is 6.01. The first-order valence-electron chi connectivity index (χ1n) is 8.35. The second-order valence-corrected chi connectivity index (χ2v) is 6.63. The minimum Gasteiger partial charge on any atom is -0.497 e. The van der Waals surface area contributed by atoms with Gasteiger partial charge in [0.05, 0.1) is 40.4 Å². The lowest BCUT2D eigenvalue weighted by atomic mass is 10.1. The number of hydrogen-bond acceptors (Lipinski definition) is 3.